The minimum atomic E-state index is -1.33. The zero-order chi connectivity index (χ0) is 23.9. The van der Waals surface area contributed by atoms with Crippen LogP contribution in [0.5, 0.6) is 0 Å². The molecule has 12 heteroatoms. The second-order valence-corrected chi connectivity index (χ2v) is 8.48. The quantitative estimate of drug-likeness (QED) is 0.425. The summed E-state index contributed by atoms with van der Waals surface area (Å²) in [6.45, 7) is -0.0000546. The summed E-state index contributed by atoms with van der Waals surface area (Å²) in [5.41, 5.74) is -0.0113. The highest BCUT2D eigenvalue weighted by Gasteiger charge is 2.39. The van der Waals surface area contributed by atoms with E-state index in [1.807, 2.05) is 0 Å². The molecule has 1 saturated heterocycles. The third-order valence-corrected chi connectivity index (χ3v) is 6.24. The molecule has 4 rings (SSSR count). The first-order valence-electron chi connectivity index (χ1n) is 10.3. The predicted octanol–water partition coefficient (Wildman–Crippen LogP) is -1.06. The first kappa shape index (κ1) is 23.2. The summed E-state index contributed by atoms with van der Waals surface area (Å²) in [5, 5.41) is 24.4. The molecule has 11 nitrogen and oxygen atoms in total. The number of hydrogen-bond donors (Lipinski definition) is 3. The van der Waals surface area contributed by atoms with E-state index in [1.165, 1.54) is 29.6 Å². The third-order valence-electron chi connectivity index (χ3n) is 5.87. The number of hydrogen-bond acceptors (Lipinski definition) is 7. The molecule has 0 unspecified atom stereocenters. The molecule has 1 amide bonds. The first-order valence-corrected chi connectivity index (χ1v) is 10.7. The average molecular weight is 478 g/mol. The lowest BCUT2D eigenvalue weighted by Crippen LogP contribution is -2.60. The molecule has 1 aliphatic heterocycles. The van der Waals surface area contributed by atoms with Crippen molar-refractivity contribution in [3.63, 3.8) is 0 Å². The van der Waals surface area contributed by atoms with E-state index in [4.69, 9.17) is 16.3 Å². The van der Waals surface area contributed by atoms with Gasteiger partial charge in [-0.1, -0.05) is 29.8 Å². The van der Waals surface area contributed by atoms with E-state index in [1.54, 1.807) is 24.3 Å². The van der Waals surface area contributed by atoms with Gasteiger partial charge in [0.05, 0.1) is 31.9 Å². The van der Waals surface area contributed by atoms with Crippen LogP contribution in [0.3, 0.4) is 0 Å². The van der Waals surface area contributed by atoms with Crippen LogP contribution in [0.4, 0.5) is 0 Å². The molecule has 1 aliphatic rings. The summed E-state index contributed by atoms with van der Waals surface area (Å²) < 4.78 is 9.50. The number of imidazole rings is 1. The number of aliphatic hydroxyl groups excluding tert-OH is 2. The Morgan fingerprint density at radius 1 is 1.21 bits per heavy atom. The lowest BCUT2D eigenvalue weighted by molar-refractivity contribution is -0.158. The Morgan fingerprint density at radius 2 is 1.94 bits per heavy atom. The minimum absolute atomic E-state index is 0.0203. The summed E-state index contributed by atoms with van der Waals surface area (Å²) in [6.07, 6.45) is -2.07. The molecule has 0 spiro atoms. The molecule has 0 bridgehead atoms. The van der Waals surface area contributed by atoms with Crippen molar-refractivity contribution in [1.29, 1.82) is 0 Å². The van der Waals surface area contributed by atoms with Gasteiger partial charge in [0.25, 0.3) is 5.56 Å². The van der Waals surface area contributed by atoms with Crippen molar-refractivity contribution in [1.82, 2.24) is 24.0 Å². The normalized spacial score (nSPS) is 23.1. The smallest absolute Gasteiger partial charge is 0.332 e. The number of nitrogens with one attached hydrogen (secondary N) is 1. The minimum Gasteiger partial charge on any atom is -0.388 e. The van der Waals surface area contributed by atoms with Crippen LogP contribution < -0.4 is 16.6 Å². The number of halogens is 1. The van der Waals surface area contributed by atoms with E-state index in [9.17, 15) is 24.6 Å². The maximum atomic E-state index is 12.4. The number of nitrogens with zero attached hydrogens (tertiary/aromatic N) is 4. The number of benzene rings is 1. The number of carbonyl (C=O) groups is 1. The van der Waals surface area contributed by atoms with Crippen LogP contribution in [0.1, 0.15) is 5.56 Å². The molecule has 0 aliphatic carbocycles. The van der Waals surface area contributed by atoms with E-state index < -0.39 is 35.6 Å². The molecule has 0 saturated carbocycles. The topological polar surface area (TPSA) is 141 Å². The van der Waals surface area contributed by atoms with Crippen molar-refractivity contribution < 1.29 is 19.7 Å². The Labute approximate surface area is 192 Å². The first-order chi connectivity index (χ1) is 15.7. The fourth-order valence-corrected chi connectivity index (χ4v) is 4.21. The van der Waals surface area contributed by atoms with Gasteiger partial charge in [0.1, 0.15) is 24.0 Å². The summed E-state index contributed by atoms with van der Waals surface area (Å²) in [7, 11) is 2.88. The van der Waals surface area contributed by atoms with Gasteiger partial charge < -0.3 is 24.8 Å². The third kappa shape index (κ3) is 4.32. The molecule has 33 heavy (non-hydrogen) atoms. The van der Waals surface area contributed by atoms with Gasteiger partial charge in [-0.2, -0.15) is 0 Å². The summed E-state index contributed by atoms with van der Waals surface area (Å²) >= 11 is 6.09. The number of fused-ring (bicyclic) bond motifs is 1. The molecule has 4 atom stereocenters. The van der Waals surface area contributed by atoms with Crippen molar-refractivity contribution in [2.75, 3.05) is 6.61 Å². The van der Waals surface area contributed by atoms with E-state index in [0.29, 0.717) is 10.6 Å². The van der Waals surface area contributed by atoms with E-state index in [-0.39, 0.29) is 36.6 Å². The van der Waals surface area contributed by atoms with Crippen LogP contribution in [0.25, 0.3) is 11.2 Å². The molecule has 2 aromatic heterocycles. The summed E-state index contributed by atoms with van der Waals surface area (Å²) in [6, 6.07) is 6.13. The van der Waals surface area contributed by atoms with E-state index in [2.05, 4.69) is 10.3 Å². The Morgan fingerprint density at radius 3 is 2.67 bits per heavy atom. The standard InChI is InChI=1S/C21H24ClN5O6/c1-25-19-16(20(31)26(2)21(25)32)23-10-27(19)8-14-18(30)17(29)13(9-33-14)24-15(28)7-11-5-3-4-6-12(11)22/h3-6,10,13-14,17-18,29-30H,7-9H2,1-2H3,(H,24,28)/t13-,14-,17+,18-/m1/s1. The molecular formula is C21H24ClN5O6. The molecule has 1 aromatic carbocycles. The van der Waals surface area contributed by atoms with Crippen molar-refractivity contribution in [3.05, 3.63) is 62.0 Å². The van der Waals surface area contributed by atoms with Gasteiger partial charge in [0.2, 0.25) is 5.91 Å². The Balaban J connectivity index is 1.46. The second-order valence-electron chi connectivity index (χ2n) is 8.07. The van der Waals surface area contributed by atoms with Gasteiger partial charge in [-0.3, -0.25) is 18.7 Å². The number of ether oxygens (including phenoxy) is 1. The molecular weight excluding hydrogens is 454 g/mol. The van der Waals surface area contributed by atoms with Gasteiger partial charge in [0.15, 0.2) is 5.52 Å². The summed E-state index contributed by atoms with van der Waals surface area (Å²) in [5.74, 6) is -0.368. The number of carbonyl (C=O) groups excluding carboxylic acids is 1. The largest absolute Gasteiger partial charge is 0.388 e. The number of aromatic nitrogens is 4. The number of rotatable bonds is 5. The van der Waals surface area contributed by atoms with Crippen molar-refractivity contribution >= 4 is 28.7 Å². The monoisotopic (exact) mass is 477 g/mol. The lowest BCUT2D eigenvalue weighted by Gasteiger charge is -2.38. The van der Waals surface area contributed by atoms with Gasteiger partial charge >= 0.3 is 5.69 Å². The van der Waals surface area contributed by atoms with Crippen LogP contribution in [-0.2, 0) is 36.6 Å². The van der Waals surface area contributed by atoms with Gasteiger partial charge in [-0.05, 0) is 11.6 Å². The molecule has 1 fully saturated rings. The van der Waals surface area contributed by atoms with Crippen LogP contribution in [0.2, 0.25) is 5.02 Å². The summed E-state index contributed by atoms with van der Waals surface area (Å²) in [4.78, 5) is 41.1. The van der Waals surface area contributed by atoms with Crippen LogP contribution in [0.15, 0.2) is 40.2 Å². The van der Waals surface area contributed by atoms with Gasteiger partial charge in [0, 0.05) is 19.1 Å². The van der Waals surface area contributed by atoms with E-state index in [0.717, 1.165) is 4.57 Å². The Bertz CT molecular complexity index is 1310. The van der Waals surface area contributed by atoms with Gasteiger partial charge in [-0.25, -0.2) is 9.78 Å². The average Bonchev–Trinajstić information content (AvgIpc) is 3.21. The Hall–Kier alpha value is -2.99. The van der Waals surface area contributed by atoms with E-state index >= 15 is 0 Å². The number of aliphatic hydroxyl groups is 2. The maximum Gasteiger partial charge on any atom is 0.332 e. The van der Waals surface area contributed by atoms with Crippen LogP contribution in [-0.4, -0.2) is 65.8 Å². The second kappa shape index (κ2) is 9.10. The molecule has 0 radical (unpaired) electrons. The molecule has 3 N–H and O–H groups in total. The van der Waals surface area contributed by atoms with Crippen LogP contribution in [0, 0.1) is 0 Å². The zero-order valence-electron chi connectivity index (χ0n) is 18.0. The molecule has 3 aromatic rings. The highest BCUT2D eigenvalue weighted by atomic mass is 35.5. The van der Waals surface area contributed by atoms with Crippen molar-refractivity contribution in [2.24, 2.45) is 14.1 Å². The maximum absolute atomic E-state index is 12.4. The highest BCUT2D eigenvalue weighted by molar-refractivity contribution is 6.31. The fraction of sp³-hybridized carbons (Fsp3) is 0.429. The Kier molecular flexibility index (Phi) is 6.39. The number of amides is 1. The number of aryl methyl sites for hydroxylation is 1. The fourth-order valence-electron chi connectivity index (χ4n) is 4.01. The van der Waals surface area contributed by atoms with Crippen LogP contribution >= 0.6 is 11.6 Å². The van der Waals surface area contributed by atoms with Gasteiger partial charge in [-0.15, -0.1) is 0 Å². The molecule has 3 heterocycles. The zero-order valence-corrected chi connectivity index (χ0v) is 18.8. The van der Waals surface area contributed by atoms with Crippen molar-refractivity contribution in [2.45, 2.75) is 37.3 Å². The lowest BCUT2D eigenvalue weighted by atomic mass is 9.97. The molecule has 176 valence electrons. The van der Waals surface area contributed by atoms with Crippen molar-refractivity contribution in [3.8, 4) is 0 Å². The predicted molar refractivity (Wildman–Crippen MR) is 119 cm³/mol. The SMILES string of the molecule is Cn1c(=O)c2ncn(C[C@H]3OC[C@@H](NC(=O)Cc4ccccc4Cl)[C@H](O)[C@@H]3O)c2n(C)c1=O. The highest BCUT2D eigenvalue weighted by Crippen LogP contribution is 2.20.